The first-order valence-electron chi connectivity index (χ1n) is 8.49. The van der Waals surface area contributed by atoms with Crippen molar-refractivity contribution in [3.05, 3.63) is 48.0 Å². The SMILES string of the molecule is CC(NC(=O)NCCC1CCCN1)c1cccc2ccccc12. The molecule has 0 aromatic heterocycles. The largest absolute Gasteiger partial charge is 0.338 e. The summed E-state index contributed by atoms with van der Waals surface area (Å²) < 4.78 is 0. The fourth-order valence-electron chi connectivity index (χ4n) is 3.32. The molecule has 0 radical (unpaired) electrons. The number of nitrogens with one attached hydrogen (secondary N) is 3. The van der Waals surface area contributed by atoms with Crippen molar-refractivity contribution in [2.24, 2.45) is 0 Å². The summed E-state index contributed by atoms with van der Waals surface area (Å²) >= 11 is 0. The van der Waals surface area contributed by atoms with Gasteiger partial charge in [-0.25, -0.2) is 4.79 Å². The van der Waals surface area contributed by atoms with Crippen molar-refractivity contribution in [1.29, 1.82) is 0 Å². The first-order chi connectivity index (χ1) is 11.2. The van der Waals surface area contributed by atoms with E-state index < -0.39 is 0 Å². The van der Waals surface area contributed by atoms with Gasteiger partial charge in [-0.15, -0.1) is 0 Å². The van der Waals surface area contributed by atoms with Crippen LogP contribution in [-0.4, -0.2) is 25.2 Å². The Balaban J connectivity index is 1.55. The Bertz CT molecular complexity index is 659. The maximum absolute atomic E-state index is 12.1. The average Bonchev–Trinajstić information content (AvgIpc) is 3.07. The van der Waals surface area contributed by atoms with Crippen LogP contribution in [0.5, 0.6) is 0 Å². The van der Waals surface area contributed by atoms with E-state index in [1.807, 2.05) is 25.1 Å². The molecule has 4 nitrogen and oxygen atoms in total. The lowest BCUT2D eigenvalue weighted by molar-refractivity contribution is 0.237. The highest BCUT2D eigenvalue weighted by Gasteiger charge is 2.15. The van der Waals surface area contributed by atoms with E-state index in [2.05, 4.69) is 40.2 Å². The van der Waals surface area contributed by atoms with Gasteiger partial charge in [0.05, 0.1) is 6.04 Å². The highest BCUT2D eigenvalue weighted by molar-refractivity contribution is 5.86. The van der Waals surface area contributed by atoms with Crippen LogP contribution in [-0.2, 0) is 0 Å². The zero-order chi connectivity index (χ0) is 16.1. The van der Waals surface area contributed by atoms with Gasteiger partial charge in [-0.3, -0.25) is 0 Å². The minimum atomic E-state index is -0.0940. The maximum atomic E-state index is 12.1. The van der Waals surface area contributed by atoms with Crippen LogP contribution in [0.3, 0.4) is 0 Å². The van der Waals surface area contributed by atoms with Gasteiger partial charge in [-0.1, -0.05) is 42.5 Å². The molecule has 4 heteroatoms. The van der Waals surface area contributed by atoms with Crippen LogP contribution >= 0.6 is 0 Å². The molecular weight excluding hydrogens is 286 g/mol. The van der Waals surface area contributed by atoms with E-state index in [1.165, 1.54) is 23.6 Å². The van der Waals surface area contributed by atoms with E-state index in [-0.39, 0.29) is 12.1 Å². The molecule has 2 unspecified atom stereocenters. The number of carbonyl (C=O) groups excluding carboxylic acids is 1. The first kappa shape index (κ1) is 15.8. The second-order valence-electron chi connectivity index (χ2n) is 6.27. The van der Waals surface area contributed by atoms with Crippen LogP contribution in [0.1, 0.15) is 37.8 Å². The summed E-state index contributed by atoms with van der Waals surface area (Å²) in [7, 11) is 0. The van der Waals surface area contributed by atoms with Crippen LogP contribution in [0.15, 0.2) is 42.5 Å². The lowest BCUT2D eigenvalue weighted by Crippen LogP contribution is -2.39. The number of amides is 2. The first-order valence-corrected chi connectivity index (χ1v) is 8.49. The van der Waals surface area contributed by atoms with Gasteiger partial charge in [0, 0.05) is 12.6 Å². The van der Waals surface area contributed by atoms with E-state index in [1.54, 1.807) is 0 Å². The third kappa shape index (κ3) is 4.02. The number of fused-ring (bicyclic) bond motifs is 1. The molecule has 1 aliphatic heterocycles. The van der Waals surface area contributed by atoms with Crippen LogP contribution in [0.4, 0.5) is 4.79 Å². The topological polar surface area (TPSA) is 53.2 Å². The van der Waals surface area contributed by atoms with Crippen molar-refractivity contribution in [3.8, 4) is 0 Å². The van der Waals surface area contributed by atoms with E-state index in [0.717, 1.165) is 18.5 Å². The zero-order valence-electron chi connectivity index (χ0n) is 13.6. The van der Waals surface area contributed by atoms with Crippen molar-refractivity contribution >= 4 is 16.8 Å². The third-order valence-corrected chi connectivity index (χ3v) is 4.58. The van der Waals surface area contributed by atoms with Crippen molar-refractivity contribution in [2.45, 2.75) is 38.3 Å². The van der Waals surface area contributed by atoms with Crippen LogP contribution < -0.4 is 16.0 Å². The molecule has 1 saturated heterocycles. The molecule has 1 aliphatic rings. The molecule has 1 heterocycles. The molecule has 1 fully saturated rings. The summed E-state index contributed by atoms with van der Waals surface area (Å²) in [6, 6.07) is 14.9. The highest BCUT2D eigenvalue weighted by Crippen LogP contribution is 2.23. The molecule has 0 saturated carbocycles. The normalized spacial score (nSPS) is 18.7. The van der Waals surface area contributed by atoms with Crippen molar-refractivity contribution < 1.29 is 4.79 Å². The van der Waals surface area contributed by atoms with Gasteiger partial charge >= 0.3 is 6.03 Å². The monoisotopic (exact) mass is 311 g/mol. The Morgan fingerprint density at radius 3 is 2.91 bits per heavy atom. The zero-order valence-corrected chi connectivity index (χ0v) is 13.6. The minimum absolute atomic E-state index is 0.0225. The number of benzene rings is 2. The second kappa shape index (κ2) is 7.47. The van der Waals surface area contributed by atoms with E-state index in [9.17, 15) is 4.79 Å². The van der Waals surface area contributed by atoms with Crippen molar-refractivity contribution in [3.63, 3.8) is 0 Å². The quantitative estimate of drug-likeness (QED) is 0.793. The van der Waals surface area contributed by atoms with Gasteiger partial charge < -0.3 is 16.0 Å². The van der Waals surface area contributed by atoms with E-state index in [4.69, 9.17) is 0 Å². The molecule has 2 aromatic rings. The second-order valence-corrected chi connectivity index (χ2v) is 6.27. The summed E-state index contributed by atoms with van der Waals surface area (Å²) in [6.07, 6.45) is 3.46. The van der Waals surface area contributed by atoms with Gasteiger partial charge in [-0.2, -0.15) is 0 Å². The maximum Gasteiger partial charge on any atom is 0.315 e. The molecule has 2 atom stereocenters. The molecule has 0 bridgehead atoms. The van der Waals surface area contributed by atoms with Crippen LogP contribution in [0.25, 0.3) is 10.8 Å². The Labute approximate surface area is 137 Å². The predicted molar refractivity (Wildman–Crippen MR) is 94.5 cm³/mol. The smallest absolute Gasteiger partial charge is 0.315 e. The molecule has 0 aliphatic carbocycles. The summed E-state index contributed by atoms with van der Waals surface area (Å²) in [6.45, 7) is 3.85. The summed E-state index contributed by atoms with van der Waals surface area (Å²) in [5.74, 6) is 0. The molecule has 2 amide bonds. The standard InChI is InChI=1S/C19H25N3O/c1-14(17-10-4-7-15-6-2-3-9-18(15)17)22-19(23)21-13-11-16-8-5-12-20-16/h2-4,6-7,9-10,14,16,20H,5,8,11-13H2,1H3,(H2,21,22,23). The fourth-order valence-corrected chi connectivity index (χ4v) is 3.32. The Hall–Kier alpha value is -2.07. The highest BCUT2D eigenvalue weighted by atomic mass is 16.2. The summed E-state index contributed by atoms with van der Waals surface area (Å²) in [5.41, 5.74) is 1.15. The number of rotatable bonds is 5. The fraction of sp³-hybridized carbons (Fsp3) is 0.421. The Morgan fingerprint density at radius 2 is 2.09 bits per heavy atom. The summed E-state index contributed by atoms with van der Waals surface area (Å²) in [5, 5.41) is 11.8. The van der Waals surface area contributed by atoms with Gasteiger partial charge in [-0.05, 0) is 49.1 Å². The van der Waals surface area contributed by atoms with Crippen molar-refractivity contribution in [2.75, 3.05) is 13.1 Å². The lowest BCUT2D eigenvalue weighted by Gasteiger charge is -2.18. The number of hydrogen-bond acceptors (Lipinski definition) is 2. The molecular formula is C19H25N3O. The Kier molecular flexibility index (Phi) is 5.13. The van der Waals surface area contributed by atoms with Crippen LogP contribution in [0, 0.1) is 0 Å². The van der Waals surface area contributed by atoms with Gasteiger partial charge in [0.25, 0.3) is 0 Å². The third-order valence-electron chi connectivity index (χ3n) is 4.58. The molecule has 2 aromatic carbocycles. The molecule has 122 valence electrons. The number of urea groups is 1. The lowest BCUT2D eigenvalue weighted by atomic mass is 10.00. The van der Waals surface area contributed by atoms with E-state index >= 15 is 0 Å². The molecule has 3 rings (SSSR count). The number of hydrogen-bond donors (Lipinski definition) is 3. The van der Waals surface area contributed by atoms with E-state index in [0.29, 0.717) is 12.6 Å². The molecule has 0 spiro atoms. The molecule has 3 N–H and O–H groups in total. The average molecular weight is 311 g/mol. The predicted octanol–water partition coefficient (Wildman–Crippen LogP) is 3.34. The van der Waals surface area contributed by atoms with Gasteiger partial charge in [0.2, 0.25) is 0 Å². The summed E-state index contributed by atoms with van der Waals surface area (Å²) in [4.78, 5) is 12.1. The number of carbonyl (C=O) groups is 1. The molecule has 23 heavy (non-hydrogen) atoms. The van der Waals surface area contributed by atoms with Crippen LogP contribution in [0.2, 0.25) is 0 Å². The Morgan fingerprint density at radius 1 is 1.26 bits per heavy atom. The minimum Gasteiger partial charge on any atom is -0.338 e. The van der Waals surface area contributed by atoms with Gasteiger partial charge in [0.1, 0.15) is 0 Å². The van der Waals surface area contributed by atoms with Crippen molar-refractivity contribution in [1.82, 2.24) is 16.0 Å². The van der Waals surface area contributed by atoms with Gasteiger partial charge in [0.15, 0.2) is 0 Å².